The number of nitrogens with zero attached hydrogens (tertiary/aromatic N) is 2. The van der Waals surface area contributed by atoms with Crippen LogP contribution >= 0.6 is 0 Å². The summed E-state index contributed by atoms with van der Waals surface area (Å²) in [5.74, 6) is 1.52. The third kappa shape index (κ3) is 3.73. The highest BCUT2D eigenvalue weighted by atomic mass is 16.5. The Bertz CT molecular complexity index is 335. The summed E-state index contributed by atoms with van der Waals surface area (Å²) in [6.07, 6.45) is 3.62. The van der Waals surface area contributed by atoms with Crippen molar-refractivity contribution < 1.29 is 4.74 Å². The van der Waals surface area contributed by atoms with Crippen molar-refractivity contribution in [1.29, 1.82) is 0 Å². The second-order valence-electron chi connectivity index (χ2n) is 4.71. The fourth-order valence-electron chi connectivity index (χ4n) is 2.23. The van der Waals surface area contributed by atoms with Crippen molar-refractivity contribution in [3.05, 3.63) is 11.8 Å². The molecule has 1 aromatic heterocycles. The summed E-state index contributed by atoms with van der Waals surface area (Å²) in [7, 11) is 5.57. The lowest BCUT2D eigenvalue weighted by Crippen LogP contribution is -2.19. The fourth-order valence-corrected chi connectivity index (χ4v) is 2.23. The SMILES string of the molecule is CCCC(C)CC(NC)c1cc(OC)n(C)n1. The van der Waals surface area contributed by atoms with Gasteiger partial charge < -0.3 is 10.1 Å². The maximum Gasteiger partial charge on any atom is 0.211 e. The predicted octanol–water partition coefficient (Wildman–Crippen LogP) is 2.52. The first-order valence-electron chi connectivity index (χ1n) is 6.37. The molecular weight excluding hydrogens is 214 g/mol. The summed E-state index contributed by atoms with van der Waals surface area (Å²) in [6.45, 7) is 4.53. The van der Waals surface area contributed by atoms with Crippen LogP contribution in [-0.4, -0.2) is 23.9 Å². The number of nitrogens with one attached hydrogen (secondary N) is 1. The molecule has 17 heavy (non-hydrogen) atoms. The number of hydrogen-bond donors (Lipinski definition) is 1. The number of rotatable bonds is 7. The van der Waals surface area contributed by atoms with Crippen molar-refractivity contribution in [2.75, 3.05) is 14.2 Å². The zero-order valence-corrected chi connectivity index (χ0v) is 11.7. The Labute approximate surface area is 104 Å². The van der Waals surface area contributed by atoms with Crippen molar-refractivity contribution in [2.24, 2.45) is 13.0 Å². The Morgan fingerprint density at radius 3 is 2.71 bits per heavy atom. The monoisotopic (exact) mass is 239 g/mol. The van der Waals surface area contributed by atoms with Crippen LogP contribution in [0.1, 0.15) is 44.8 Å². The zero-order valence-electron chi connectivity index (χ0n) is 11.7. The van der Waals surface area contributed by atoms with Gasteiger partial charge in [0.15, 0.2) is 0 Å². The van der Waals surface area contributed by atoms with E-state index in [2.05, 4.69) is 24.3 Å². The van der Waals surface area contributed by atoms with Gasteiger partial charge in [0.1, 0.15) is 0 Å². The van der Waals surface area contributed by atoms with Gasteiger partial charge in [0.2, 0.25) is 5.88 Å². The van der Waals surface area contributed by atoms with Crippen molar-refractivity contribution in [1.82, 2.24) is 15.1 Å². The molecular formula is C13H25N3O. The van der Waals surface area contributed by atoms with E-state index in [9.17, 15) is 0 Å². The van der Waals surface area contributed by atoms with Crippen molar-refractivity contribution in [2.45, 2.75) is 39.2 Å². The number of aromatic nitrogens is 2. The van der Waals surface area contributed by atoms with Gasteiger partial charge in [-0.1, -0.05) is 26.7 Å². The minimum atomic E-state index is 0.312. The lowest BCUT2D eigenvalue weighted by Gasteiger charge is -2.18. The molecule has 0 bridgehead atoms. The van der Waals surface area contributed by atoms with Crippen molar-refractivity contribution in [3.63, 3.8) is 0 Å². The van der Waals surface area contributed by atoms with Crippen LogP contribution in [0.3, 0.4) is 0 Å². The maximum absolute atomic E-state index is 5.25. The van der Waals surface area contributed by atoms with Crippen molar-refractivity contribution in [3.8, 4) is 5.88 Å². The molecule has 4 nitrogen and oxygen atoms in total. The molecule has 0 aromatic carbocycles. The van der Waals surface area contributed by atoms with Gasteiger partial charge in [0.05, 0.1) is 18.8 Å². The second-order valence-corrected chi connectivity index (χ2v) is 4.71. The minimum absolute atomic E-state index is 0.312. The van der Waals surface area contributed by atoms with Crippen LogP contribution in [0, 0.1) is 5.92 Å². The highest BCUT2D eigenvalue weighted by Crippen LogP contribution is 2.25. The molecule has 0 amide bonds. The summed E-state index contributed by atoms with van der Waals surface area (Å²) in [5, 5.41) is 7.84. The lowest BCUT2D eigenvalue weighted by atomic mass is 9.96. The van der Waals surface area contributed by atoms with E-state index >= 15 is 0 Å². The predicted molar refractivity (Wildman–Crippen MR) is 70.2 cm³/mol. The molecule has 0 aliphatic carbocycles. The topological polar surface area (TPSA) is 39.1 Å². The quantitative estimate of drug-likeness (QED) is 0.794. The van der Waals surface area contributed by atoms with E-state index in [-0.39, 0.29) is 0 Å². The Balaban J connectivity index is 2.71. The molecule has 0 aliphatic rings. The normalized spacial score (nSPS) is 14.6. The smallest absolute Gasteiger partial charge is 0.211 e. The molecule has 1 aromatic rings. The van der Waals surface area contributed by atoms with Gasteiger partial charge in [0.25, 0.3) is 0 Å². The first-order valence-corrected chi connectivity index (χ1v) is 6.37. The molecule has 4 heteroatoms. The van der Waals surface area contributed by atoms with Crippen LogP contribution in [0.4, 0.5) is 0 Å². The molecule has 0 fully saturated rings. The van der Waals surface area contributed by atoms with Crippen LogP contribution in [0.15, 0.2) is 6.07 Å². The Kier molecular flexibility index (Phi) is 5.48. The molecule has 1 heterocycles. The molecule has 0 spiro atoms. The van der Waals surface area contributed by atoms with Gasteiger partial charge in [0, 0.05) is 13.1 Å². The summed E-state index contributed by atoms with van der Waals surface area (Å²) >= 11 is 0. The van der Waals surface area contributed by atoms with Crippen LogP contribution in [0.5, 0.6) is 5.88 Å². The first-order chi connectivity index (χ1) is 8.12. The molecule has 2 unspecified atom stereocenters. The number of ether oxygens (including phenoxy) is 1. The second kappa shape index (κ2) is 6.64. The van der Waals surface area contributed by atoms with E-state index < -0.39 is 0 Å². The molecule has 1 rings (SSSR count). The average molecular weight is 239 g/mol. The highest BCUT2D eigenvalue weighted by molar-refractivity contribution is 5.18. The first kappa shape index (κ1) is 14.0. The standard InChI is InChI=1S/C13H25N3O/c1-6-7-10(2)8-11(14-3)12-9-13(17-5)16(4)15-12/h9-11,14H,6-8H2,1-5H3. The van der Waals surface area contributed by atoms with Gasteiger partial charge in [-0.25, -0.2) is 4.68 Å². The largest absolute Gasteiger partial charge is 0.481 e. The molecule has 0 radical (unpaired) electrons. The maximum atomic E-state index is 5.25. The lowest BCUT2D eigenvalue weighted by molar-refractivity contribution is 0.372. The third-order valence-electron chi connectivity index (χ3n) is 3.19. The minimum Gasteiger partial charge on any atom is -0.481 e. The Hall–Kier alpha value is -1.03. The average Bonchev–Trinajstić information content (AvgIpc) is 2.67. The highest BCUT2D eigenvalue weighted by Gasteiger charge is 2.17. The van der Waals surface area contributed by atoms with E-state index in [1.54, 1.807) is 11.8 Å². The van der Waals surface area contributed by atoms with E-state index in [1.807, 2.05) is 20.2 Å². The summed E-state index contributed by atoms with van der Waals surface area (Å²) in [5.41, 5.74) is 1.06. The van der Waals surface area contributed by atoms with Crippen LogP contribution < -0.4 is 10.1 Å². The van der Waals surface area contributed by atoms with Gasteiger partial charge in [-0.2, -0.15) is 5.10 Å². The molecule has 1 N–H and O–H groups in total. The van der Waals surface area contributed by atoms with Gasteiger partial charge in [-0.05, 0) is 19.4 Å². The summed E-state index contributed by atoms with van der Waals surface area (Å²) < 4.78 is 7.03. The van der Waals surface area contributed by atoms with Crippen LogP contribution in [0.2, 0.25) is 0 Å². The van der Waals surface area contributed by atoms with Crippen molar-refractivity contribution >= 4 is 0 Å². The van der Waals surface area contributed by atoms with Crippen LogP contribution in [-0.2, 0) is 7.05 Å². The molecule has 0 saturated carbocycles. The number of methoxy groups -OCH3 is 1. The van der Waals surface area contributed by atoms with Gasteiger partial charge >= 0.3 is 0 Å². The molecule has 0 saturated heterocycles. The molecule has 2 atom stereocenters. The Morgan fingerprint density at radius 2 is 2.24 bits per heavy atom. The Morgan fingerprint density at radius 1 is 1.53 bits per heavy atom. The molecule has 98 valence electrons. The van der Waals surface area contributed by atoms with Gasteiger partial charge in [-0.15, -0.1) is 0 Å². The van der Waals surface area contributed by atoms with Crippen LogP contribution in [0.25, 0.3) is 0 Å². The number of aryl methyl sites for hydroxylation is 1. The third-order valence-corrected chi connectivity index (χ3v) is 3.19. The fraction of sp³-hybridized carbons (Fsp3) is 0.769. The molecule has 0 aliphatic heterocycles. The van der Waals surface area contributed by atoms with E-state index in [4.69, 9.17) is 4.74 Å². The van der Waals surface area contributed by atoms with Gasteiger partial charge in [-0.3, -0.25) is 0 Å². The summed E-state index contributed by atoms with van der Waals surface area (Å²) in [6, 6.07) is 2.33. The van der Waals surface area contributed by atoms with E-state index in [0.717, 1.165) is 18.0 Å². The summed E-state index contributed by atoms with van der Waals surface area (Å²) in [4.78, 5) is 0. The number of hydrogen-bond acceptors (Lipinski definition) is 3. The zero-order chi connectivity index (χ0) is 12.8. The van der Waals surface area contributed by atoms with E-state index in [1.165, 1.54) is 12.8 Å². The van der Waals surface area contributed by atoms with E-state index in [0.29, 0.717) is 12.0 Å².